The van der Waals surface area contributed by atoms with Gasteiger partial charge in [-0.2, -0.15) is 0 Å². The number of benzene rings is 7. The molecule has 3 heterocycles. The summed E-state index contributed by atoms with van der Waals surface area (Å²) in [5.41, 5.74) is 9.93. The van der Waals surface area contributed by atoms with Gasteiger partial charge in [-0.15, -0.1) is 0 Å². The first-order chi connectivity index (χ1) is 27.3. The maximum atomic E-state index is 5.31. The Morgan fingerprint density at radius 1 is 0.273 bits per heavy atom. The lowest BCUT2D eigenvalue weighted by molar-refractivity contribution is 1.05. The Kier molecular flexibility index (Phi) is 8.04. The van der Waals surface area contributed by atoms with E-state index in [-0.39, 0.29) is 0 Å². The molecule has 0 bridgehead atoms. The van der Waals surface area contributed by atoms with Gasteiger partial charge < -0.3 is 0 Å². The largest absolute Gasteiger partial charge is 0.277 e. The molecule has 0 spiro atoms. The zero-order chi connectivity index (χ0) is 36.6. The molecular formula is C49H32N6. The highest BCUT2D eigenvalue weighted by atomic mass is 15.1. The minimum atomic E-state index is 0.623. The maximum Gasteiger partial charge on any atom is 0.164 e. The molecule has 6 nitrogen and oxygen atoms in total. The van der Waals surface area contributed by atoms with Gasteiger partial charge in [0.15, 0.2) is 23.3 Å². The highest BCUT2D eigenvalue weighted by Gasteiger charge is 2.21. The molecule has 0 aliphatic carbocycles. The van der Waals surface area contributed by atoms with Crippen LogP contribution in [0.5, 0.6) is 0 Å². The van der Waals surface area contributed by atoms with Crippen LogP contribution in [0.1, 0.15) is 0 Å². The van der Waals surface area contributed by atoms with Gasteiger partial charge in [0.2, 0.25) is 0 Å². The quantitative estimate of drug-likeness (QED) is 0.165. The lowest BCUT2D eigenvalue weighted by Gasteiger charge is -2.13. The first-order valence-electron chi connectivity index (χ1n) is 18.3. The average Bonchev–Trinajstić information content (AvgIpc) is 3.61. The molecule has 7 aromatic carbocycles. The Bertz CT molecular complexity index is 2890. The molecule has 0 fully saturated rings. The first kappa shape index (κ1) is 32.1. The van der Waals surface area contributed by atoms with Crippen LogP contribution in [0.15, 0.2) is 194 Å². The molecule has 0 N–H and O–H groups in total. The van der Waals surface area contributed by atoms with Gasteiger partial charge in [-0.1, -0.05) is 188 Å². The highest BCUT2D eigenvalue weighted by molar-refractivity contribution is 6.06. The fourth-order valence-corrected chi connectivity index (χ4v) is 7.20. The average molecular weight is 705 g/mol. The van der Waals surface area contributed by atoms with Crippen LogP contribution in [0.25, 0.3) is 95.7 Å². The second-order valence-corrected chi connectivity index (χ2v) is 13.4. The van der Waals surface area contributed by atoms with Crippen molar-refractivity contribution in [2.45, 2.75) is 0 Å². The number of nitrogens with zero attached hydrogens (tertiary/aromatic N) is 6. The molecule has 55 heavy (non-hydrogen) atoms. The molecule has 10 aromatic rings. The van der Waals surface area contributed by atoms with E-state index >= 15 is 0 Å². The smallest absolute Gasteiger partial charge is 0.164 e. The van der Waals surface area contributed by atoms with Gasteiger partial charge in [0.05, 0.1) is 5.69 Å². The van der Waals surface area contributed by atoms with Gasteiger partial charge in [-0.25, -0.2) is 24.9 Å². The molecule has 10 rings (SSSR count). The Morgan fingerprint density at radius 2 is 0.691 bits per heavy atom. The summed E-state index contributed by atoms with van der Waals surface area (Å²) in [5.74, 6) is 3.41. The molecule has 6 heteroatoms. The maximum absolute atomic E-state index is 5.31. The van der Waals surface area contributed by atoms with E-state index in [1.807, 2.05) is 72.8 Å². The second-order valence-electron chi connectivity index (χ2n) is 13.4. The molecule has 0 radical (unpaired) electrons. The number of rotatable bonds is 7. The van der Waals surface area contributed by atoms with Crippen molar-refractivity contribution in [1.82, 2.24) is 29.3 Å². The van der Waals surface area contributed by atoms with Gasteiger partial charge in [-0.3, -0.25) is 4.40 Å². The Balaban J connectivity index is 1.07. The van der Waals surface area contributed by atoms with Crippen LogP contribution in [0, 0.1) is 0 Å². The van der Waals surface area contributed by atoms with Gasteiger partial charge >= 0.3 is 0 Å². The third-order valence-electron chi connectivity index (χ3n) is 9.87. The van der Waals surface area contributed by atoms with E-state index < -0.39 is 0 Å². The van der Waals surface area contributed by atoms with E-state index in [0.717, 1.165) is 72.4 Å². The van der Waals surface area contributed by atoms with E-state index in [4.69, 9.17) is 24.9 Å². The standard InChI is InChI=1S/C49H32N6/c1-5-16-34(17-6-1)43-41-26-13-14-27-42(41)49-54-47(53-48(55(43)49)38-22-11-4-12-23-38)40-25-15-24-39(32-40)33-28-30-37(31-29-33)46-51-44(35-18-7-2-8-19-35)50-45(52-46)36-20-9-3-10-21-36/h1-32H. The van der Waals surface area contributed by atoms with Crippen molar-refractivity contribution >= 4 is 16.4 Å². The number of hydrogen-bond donors (Lipinski definition) is 0. The molecule has 0 aliphatic rings. The van der Waals surface area contributed by atoms with E-state index in [1.165, 1.54) is 0 Å². The van der Waals surface area contributed by atoms with Crippen molar-refractivity contribution in [3.05, 3.63) is 194 Å². The zero-order valence-electron chi connectivity index (χ0n) is 29.7. The minimum absolute atomic E-state index is 0.623. The lowest BCUT2D eigenvalue weighted by Crippen LogP contribution is -2.03. The van der Waals surface area contributed by atoms with E-state index in [2.05, 4.69) is 126 Å². The van der Waals surface area contributed by atoms with Gasteiger partial charge in [0, 0.05) is 38.6 Å². The molecule has 0 saturated carbocycles. The van der Waals surface area contributed by atoms with Crippen LogP contribution < -0.4 is 0 Å². The normalized spacial score (nSPS) is 11.3. The molecule has 258 valence electrons. The summed E-state index contributed by atoms with van der Waals surface area (Å²) in [4.78, 5) is 25.3. The second kappa shape index (κ2) is 13.8. The Morgan fingerprint density at radius 3 is 1.27 bits per heavy atom. The van der Waals surface area contributed by atoms with Crippen molar-refractivity contribution in [1.29, 1.82) is 0 Å². The minimum Gasteiger partial charge on any atom is -0.277 e. The van der Waals surface area contributed by atoms with Crippen LogP contribution in [-0.2, 0) is 0 Å². The van der Waals surface area contributed by atoms with Gasteiger partial charge in [-0.05, 0) is 22.8 Å². The fraction of sp³-hybridized carbons (Fsp3) is 0. The molecule has 0 amide bonds. The van der Waals surface area contributed by atoms with Crippen LogP contribution >= 0.6 is 0 Å². The van der Waals surface area contributed by atoms with E-state index in [1.54, 1.807) is 0 Å². The zero-order valence-corrected chi connectivity index (χ0v) is 29.7. The Labute approximate surface area is 318 Å². The summed E-state index contributed by atoms with van der Waals surface area (Å²) in [6, 6.07) is 66.3. The summed E-state index contributed by atoms with van der Waals surface area (Å²) in [6.07, 6.45) is 0. The third kappa shape index (κ3) is 6.02. The van der Waals surface area contributed by atoms with Crippen molar-refractivity contribution in [3.8, 4) is 79.3 Å². The van der Waals surface area contributed by atoms with Gasteiger partial charge in [0.1, 0.15) is 11.5 Å². The highest BCUT2D eigenvalue weighted by Crippen LogP contribution is 2.38. The first-order valence-corrected chi connectivity index (χ1v) is 18.3. The summed E-state index contributed by atoms with van der Waals surface area (Å²) in [5, 5.41) is 2.22. The molecule has 3 aromatic heterocycles. The van der Waals surface area contributed by atoms with Crippen molar-refractivity contribution in [2.24, 2.45) is 0 Å². The lowest BCUT2D eigenvalue weighted by atomic mass is 10.0. The van der Waals surface area contributed by atoms with Crippen LogP contribution in [0.4, 0.5) is 0 Å². The summed E-state index contributed by atoms with van der Waals surface area (Å²) in [6.45, 7) is 0. The molecule has 0 saturated heterocycles. The predicted molar refractivity (Wildman–Crippen MR) is 222 cm³/mol. The van der Waals surface area contributed by atoms with Crippen LogP contribution in [0.3, 0.4) is 0 Å². The molecule has 0 unspecified atom stereocenters. The topological polar surface area (TPSA) is 68.9 Å². The fourth-order valence-electron chi connectivity index (χ4n) is 7.20. The van der Waals surface area contributed by atoms with E-state index in [0.29, 0.717) is 23.3 Å². The number of hydrogen-bond acceptors (Lipinski definition) is 5. The molecule has 0 atom stereocenters. The SMILES string of the molecule is c1ccc(-c2nc(-c3ccccc3)nc(-c3ccc(-c4cccc(-c5nc(-c6ccccc6)n6c(-c7ccccc7)c7ccccc7c6n5)c4)cc3)n2)cc1. The predicted octanol–water partition coefficient (Wildman–Crippen LogP) is 11.7. The summed E-state index contributed by atoms with van der Waals surface area (Å²) >= 11 is 0. The number of aromatic nitrogens is 6. The van der Waals surface area contributed by atoms with Crippen LogP contribution in [-0.4, -0.2) is 29.3 Å². The van der Waals surface area contributed by atoms with Crippen molar-refractivity contribution in [2.75, 3.05) is 0 Å². The van der Waals surface area contributed by atoms with Crippen molar-refractivity contribution < 1.29 is 0 Å². The van der Waals surface area contributed by atoms with Crippen LogP contribution in [0.2, 0.25) is 0 Å². The monoisotopic (exact) mass is 704 g/mol. The third-order valence-corrected chi connectivity index (χ3v) is 9.87. The summed E-state index contributed by atoms with van der Waals surface area (Å²) < 4.78 is 2.22. The molecular weight excluding hydrogens is 673 g/mol. The van der Waals surface area contributed by atoms with Gasteiger partial charge in [0.25, 0.3) is 0 Å². The summed E-state index contributed by atoms with van der Waals surface area (Å²) in [7, 11) is 0. The van der Waals surface area contributed by atoms with E-state index in [9.17, 15) is 0 Å². The molecule has 0 aliphatic heterocycles. The Hall–Kier alpha value is -7.57. The van der Waals surface area contributed by atoms with Crippen molar-refractivity contribution in [3.63, 3.8) is 0 Å². The number of fused-ring (bicyclic) bond motifs is 3.